The third kappa shape index (κ3) is 3.38. The molecule has 0 N–H and O–H groups in total. The minimum absolute atomic E-state index is 0.0270. The number of para-hydroxylation sites is 1. The van der Waals surface area contributed by atoms with Gasteiger partial charge in [-0.1, -0.05) is 50.1 Å². The third-order valence-corrected chi connectivity index (χ3v) is 4.19. The smallest absolute Gasteiger partial charge is 0.131 e. The van der Waals surface area contributed by atoms with Crippen LogP contribution in [-0.4, -0.2) is 7.11 Å². The van der Waals surface area contributed by atoms with Gasteiger partial charge in [0.15, 0.2) is 0 Å². The van der Waals surface area contributed by atoms with Gasteiger partial charge in [0, 0.05) is 14.9 Å². The van der Waals surface area contributed by atoms with Gasteiger partial charge in [-0.25, -0.2) is 8.78 Å². The van der Waals surface area contributed by atoms with Crippen molar-refractivity contribution >= 4 is 31.9 Å². The molecule has 5 heteroatoms. The fourth-order valence-corrected chi connectivity index (χ4v) is 3.21. The molecule has 0 aliphatic heterocycles. The molecule has 1 atom stereocenters. The van der Waals surface area contributed by atoms with Crippen LogP contribution in [0.15, 0.2) is 40.9 Å². The van der Waals surface area contributed by atoms with Crippen LogP contribution in [0.25, 0.3) is 0 Å². The summed E-state index contributed by atoms with van der Waals surface area (Å²) < 4.78 is 33.5. The van der Waals surface area contributed by atoms with Crippen molar-refractivity contribution in [1.82, 2.24) is 0 Å². The van der Waals surface area contributed by atoms with E-state index in [4.69, 9.17) is 4.74 Å². The van der Waals surface area contributed by atoms with Crippen LogP contribution in [0.1, 0.15) is 16.0 Å². The molecular weight excluding hydrogens is 394 g/mol. The van der Waals surface area contributed by atoms with Gasteiger partial charge in [-0.3, -0.25) is 0 Å². The molecule has 0 bridgehead atoms. The van der Waals surface area contributed by atoms with Crippen molar-refractivity contribution < 1.29 is 13.5 Å². The highest BCUT2D eigenvalue weighted by atomic mass is 79.9. The van der Waals surface area contributed by atoms with E-state index < -0.39 is 16.5 Å². The minimum Gasteiger partial charge on any atom is -0.496 e. The standard InChI is InChI=1S/C15H12Br2F2O/c1-20-14-5-3-2-4-9(14)6-11(17)15-12(18)7-10(16)8-13(15)19/h2-5,7-8,11H,6H2,1H3. The van der Waals surface area contributed by atoms with E-state index in [1.165, 1.54) is 12.1 Å². The minimum atomic E-state index is -0.575. The second-order valence-electron chi connectivity index (χ2n) is 4.27. The van der Waals surface area contributed by atoms with Crippen LogP contribution in [-0.2, 0) is 6.42 Å². The molecule has 0 spiro atoms. The molecule has 2 aromatic carbocycles. The third-order valence-electron chi connectivity index (χ3n) is 2.95. The quantitative estimate of drug-likeness (QED) is 0.617. The summed E-state index contributed by atoms with van der Waals surface area (Å²) in [7, 11) is 1.57. The lowest BCUT2D eigenvalue weighted by Gasteiger charge is -2.15. The van der Waals surface area contributed by atoms with Crippen LogP contribution < -0.4 is 4.74 Å². The Kier molecular flexibility index (Phi) is 5.16. The van der Waals surface area contributed by atoms with Crippen molar-refractivity contribution in [2.45, 2.75) is 11.2 Å². The summed E-state index contributed by atoms with van der Waals surface area (Å²) in [6, 6.07) is 9.94. The summed E-state index contributed by atoms with van der Waals surface area (Å²) >= 11 is 6.43. The van der Waals surface area contributed by atoms with Gasteiger partial charge in [-0.15, -0.1) is 0 Å². The molecular formula is C15H12Br2F2O. The Morgan fingerprint density at radius 1 is 1.15 bits per heavy atom. The predicted octanol–water partition coefficient (Wildman–Crippen LogP) is 5.41. The fourth-order valence-electron chi connectivity index (χ4n) is 2.02. The van der Waals surface area contributed by atoms with Crippen molar-refractivity contribution in [3.8, 4) is 5.75 Å². The summed E-state index contributed by atoms with van der Waals surface area (Å²) in [5.74, 6) is -0.447. The zero-order valence-electron chi connectivity index (χ0n) is 10.7. The van der Waals surface area contributed by atoms with E-state index in [1.54, 1.807) is 7.11 Å². The number of hydrogen-bond donors (Lipinski definition) is 0. The lowest BCUT2D eigenvalue weighted by atomic mass is 10.0. The van der Waals surface area contributed by atoms with E-state index >= 15 is 0 Å². The molecule has 0 aliphatic rings. The number of alkyl halides is 1. The molecule has 0 aliphatic carbocycles. The van der Waals surface area contributed by atoms with Gasteiger partial charge in [0.2, 0.25) is 0 Å². The second kappa shape index (κ2) is 6.68. The summed E-state index contributed by atoms with van der Waals surface area (Å²) in [6.45, 7) is 0. The summed E-state index contributed by atoms with van der Waals surface area (Å²) in [4.78, 5) is -0.466. The Bertz CT molecular complexity index is 594. The molecule has 0 saturated heterocycles. The Morgan fingerprint density at radius 2 is 1.75 bits per heavy atom. The molecule has 1 nitrogen and oxygen atoms in total. The summed E-state index contributed by atoms with van der Waals surface area (Å²) in [5, 5.41) is 0. The van der Waals surface area contributed by atoms with Crippen LogP contribution in [0.5, 0.6) is 5.75 Å². The molecule has 0 aromatic heterocycles. The lowest BCUT2D eigenvalue weighted by molar-refractivity contribution is 0.409. The molecule has 20 heavy (non-hydrogen) atoms. The Balaban J connectivity index is 2.31. The average Bonchev–Trinajstić information content (AvgIpc) is 2.38. The van der Waals surface area contributed by atoms with Gasteiger partial charge >= 0.3 is 0 Å². The van der Waals surface area contributed by atoms with Crippen LogP contribution in [0.4, 0.5) is 8.78 Å². The van der Waals surface area contributed by atoms with Crippen molar-refractivity contribution in [3.63, 3.8) is 0 Å². The number of rotatable bonds is 4. The lowest BCUT2D eigenvalue weighted by Crippen LogP contribution is -2.03. The van der Waals surface area contributed by atoms with E-state index in [1.807, 2.05) is 24.3 Å². The number of methoxy groups -OCH3 is 1. The average molecular weight is 406 g/mol. The van der Waals surface area contributed by atoms with Crippen LogP contribution in [0.3, 0.4) is 0 Å². The van der Waals surface area contributed by atoms with Gasteiger partial charge in [0.05, 0.1) is 7.11 Å². The van der Waals surface area contributed by atoms with Gasteiger partial charge in [0.1, 0.15) is 17.4 Å². The van der Waals surface area contributed by atoms with Crippen molar-refractivity contribution in [2.75, 3.05) is 7.11 Å². The summed E-state index contributed by atoms with van der Waals surface area (Å²) in [5.41, 5.74) is 0.915. The number of benzene rings is 2. The van der Waals surface area contributed by atoms with Crippen molar-refractivity contribution in [2.24, 2.45) is 0 Å². The van der Waals surface area contributed by atoms with Crippen molar-refractivity contribution in [1.29, 1.82) is 0 Å². The molecule has 0 amide bonds. The molecule has 0 fully saturated rings. The molecule has 0 radical (unpaired) electrons. The van der Waals surface area contributed by atoms with E-state index in [2.05, 4.69) is 31.9 Å². The molecule has 0 heterocycles. The fraction of sp³-hybridized carbons (Fsp3) is 0.200. The monoisotopic (exact) mass is 404 g/mol. The van der Waals surface area contributed by atoms with E-state index in [0.29, 0.717) is 16.6 Å². The van der Waals surface area contributed by atoms with Gasteiger partial charge in [-0.2, -0.15) is 0 Å². The molecule has 2 aromatic rings. The highest BCUT2D eigenvalue weighted by Crippen LogP contribution is 2.34. The van der Waals surface area contributed by atoms with E-state index in [0.717, 1.165) is 5.56 Å². The number of ether oxygens (including phenoxy) is 1. The molecule has 0 saturated carbocycles. The maximum atomic E-state index is 13.9. The first-order valence-electron chi connectivity index (χ1n) is 5.93. The molecule has 106 valence electrons. The summed E-state index contributed by atoms with van der Waals surface area (Å²) in [6.07, 6.45) is 0.430. The number of hydrogen-bond acceptors (Lipinski definition) is 1. The molecule has 1 unspecified atom stereocenters. The predicted molar refractivity (Wildman–Crippen MR) is 82.4 cm³/mol. The first kappa shape index (κ1) is 15.4. The zero-order chi connectivity index (χ0) is 14.7. The first-order valence-corrected chi connectivity index (χ1v) is 7.64. The maximum absolute atomic E-state index is 13.9. The van der Waals surface area contributed by atoms with Crippen LogP contribution in [0.2, 0.25) is 0 Å². The Hall–Kier alpha value is -0.940. The number of halogens is 4. The normalized spacial score (nSPS) is 12.2. The Labute approximate surface area is 133 Å². The van der Waals surface area contributed by atoms with Crippen molar-refractivity contribution in [3.05, 3.63) is 63.6 Å². The van der Waals surface area contributed by atoms with E-state index in [-0.39, 0.29) is 5.56 Å². The first-order chi connectivity index (χ1) is 9.52. The maximum Gasteiger partial charge on any atom is 0.131 e. The highest BCUT2D eigenvalue weighted by Gasteiger charge is 2.20. The topological polar surface area (TPSA) is 9.23 Å². The SMILES string of the molecule is COc1ccccc1CC(Br)c1c(F)cc(Br)cc1F. The zero-order valence-corrected chi connectivity index (χ0v) is 13.8. The largest absolute Gasteiger partial charge is 0.496 e. The van der Waals surface area contributed by atoms with Gasteiger partial charge in [0.25, 0.3) is 0 Å². The van der Waals surface area contributed by atoms with E-state index in [9.17, 15) is 8.78 Å². The van der Waals surface area contributed by atoms with Crippen LogP contribution in [0, 0.1) is 11.6 Å². The van der Waals surface area contributed by atoms with Crippen LogP contribution >= 0.6 is 31.9 Å². The van der Waals surface area contributed by atoms with Gasteiger partial charge < -0.3 is 4.74 Å². The Morgan fingerprint density at radius 3 is 2.35 bits per heavy atom. The van der Waals surface area contributed by atoms with Gasteiger partial charge in [-0.05, 0) is 30.2 Å². The highest BCUT2D eigenvalue weighted by molar-refractivity contribution is 9.10. The molecule has 2 rings (SSSR count). The second-order valence-corrected chi connectivity index (χ2v) is 6.29.